The summed E-state index contributed by atoms with van der Waals surface area (Å²) in [6, 6.07) is 9.41. The largest absolute Gasteiger partial charge is 0.510 e. The second-order valence-corrected chi connectivity index (χ2v) is 3.50. The van der Waals surface area contributed by atoms with Gasteiger partial charge in [-0.1, -0.05) is 30.3 Å². The smallest absolute Gasteiger partial charge is 0.429 e. The summed E-state index contributed by atoms with van der Waals surface area (Å²) in [5.41, 5.74) is 0.921. The molecule has 1 rings (SSSR count). The van der Waals surface area contributed by atoms with Gasteiger partial charge in [0.2, 0.25) is 0 Å². The van der Waals surface area contributed by atoms with E-state index in [-0.39, 0.29) is 19.5 Å². The molecule has 0 saturated carbocycles. The molecule has 0 radical (unpaired) electrons. The summed E-state index contributed by atoms with van der Waals surface area (Å²) in [5, 5.41) is 0. The Kier molecular flexibility index (Phi) is 5.36. The van der Waals surface area contributed by atoms with E-state index in [4.69, 9.17) is 14.2 Å². The standard InChI is InChI=1S/C12H16O4/c1-10(2)15-9-16-12(13)14-8-11-6-4-3-5-7-11/h3-7,10H,8-9H2,1-2H3. The van der Waals surface area contributed by atoms with Crippen molar-refractivity contribution in [3.8, 4) is 0 Å². The van der Waals surface area contributed by atoms with Crippen molar-refractivity contribution >= 4 is 6.16 Å². The van der Waals surface area contributed by atoms with Crippen LogP contribution in [-0.2, 0) is 20.8 Å². The van der Waals surface area contributed by atoms with Crippen molar-refractivity contribution in [1.29, 1.82) is 0 Å². The molecule has 0 N–H and O–H groups in total. The van der Waals surface area contributed by atoms with Crippen molar-refractivity contribution in [2.75, 3.05) is 6.79 Å². The number of ether oxygens (including phenoxy) is 3. The second-order valence-electron chi connectivity index (χ2n) is 3.50. The maximum Gasteiger partial charge on any atom is 0.510 e. The van der Waals surface area contributed by atoms with Gasteiger partial charge in [0, 0.05) is 0 Å². The summed E-state index contributed by atoms with van der Waals surface area (Å²) in [7, 11) is 0. The van der Waals surface area contributed by atoms with Crippen molar-refractivity contribution in [3.05, 3.63) is 35.9 Å². The van der Waals surface area contributed by atoms with Gasteiger partial charge in [-0.25, -0.2) is 4.79 Å². The minimum absolute atomic E-state index is 0.0296. The van der Waals surface area contributed by atoms with Crippen molar-refractivity contribution in [1.82, 2.24) is 0 Å². The summed E-state index contributed by atoms with van der Waals surface area (Å²) in [6.07, 6.45) is -0.688. The van der Waals surface area contributed by atoms with Gasteiger partial charge in [-0.3, -0.25) is 0 Å². The number of benzene rings is 1. The highest BCUT2D eigenvalue weighted by molar-refractivity contribution is 5.59. The van der Waals surface area contributed by atoms with Crippen LogP contribution >= 0.6 is 0 Å². The first-order valence-corrected chi connectivity index (χ1v) is 5.13. The Morgan fingerprint density at radius 1 is 1.19 bits per heavy atom. The molecule has 1 aromatic carbocycles. The van der Waals surface area contributed by atoms with Gasteiger partial charge in [0.05, 0.1) is 6.10 Å². The molecule has 0 aliphatic rings. The van der Waals surface area contributed by atoms with Crippen molar-refractivity contribution in [3.63, 3.8) is 0 Å². The quantitative estimate of drug-likeness (QED) is 0.569. The number of carbonyl (C=O) groups is 1. The van der Waals surface area contributed by atoms with E-state index in [2.05, 4.69) is 0 Å². The fourth-order valence-corrected chi connectivity index (χ4v) is 0.976. The van der Waals surface area contributed by atoms with E-state index < -0.39 is 6.16 Å². The highest BCUT2D eigenvalue weighted by Gasteiger charge is 2.04. The van der Waals surface area contributed by atoms with Gasteiger partial charge >= 0.3 is 6.16 Å². The van der Waals surface area contributed by atoms with Crippen LogP contribution in [0.5, 0.6) is 0 Å². The topological polar surface area (TPSA) is 44.8 Å². The first kappa shape index (κ1) is 12.5. The van der Waals surface area contributed by atoms with Crippen LogP contribution in [-0.4, -0.2) is 19.1 Å². The molecule has 16 heavy (non-hydrogen) atoms. The van der Waals surface area contributed by atoms with Crippen LogP contribution in [0.2, 0.25) is 0 Å². The van der Waals surface area contributed by atoms with Gasteiger partial charge in [-0.05, 0) is 19.4 Å². The zero-order chi connectivity index (χ0) is 11.8. The fourth-order valence-electron chi connectivity index (χ4n) is 0.976. The minimum Gasteiger partial charge on any atom is -0.429 e. The molecule has 0 aliphatic heterocycles. The van der Waals surface area contributed by atoms with Crippen LogP contribution in [0.3, 0.4) is 0 Å². The molecule has 0 saturated heterocycles. The monoisotopic (exact) mass is 224 g/mol. The summed E-state index contributed by atoms with van der Waals surface area (Å²) in [5.74, 6) is 0. The third-order valence-electron chi connectivity index (χ3n) is 1.78. The average Bonchev–Trinajstić information content (AvgIpc) is 2.27. The summed E-state index contributed by atoms with van der Waals surface area (Å²) in [6.45, 7) is 3.85. The molecule has 0 amide bonds. The van der Waals surface area contributed by atoms with Gasteiger partial charge in [0.15, 0.2) is 6.79 Å². The Morgan fingerprint density at radius 3 is 2.50 bits per heavy atom. The first-order chi connectivity index (χ1) is 7.68. The molecule has 0 unspecified atom stereocenters. The fraction of sp³-hybridized carbons (Fsp3) is 0.417. The summed E-state index contributed by atoms with van der Waals surface area (Å²) < 4.78 is 14.6. The van der Waals surface area contributed by atoms with Crippen LogP contribution in [0.15, 0.2) is 30.3 Å². The molecule has 1 aromatic rings. The molecule has 0 atom stereocenters. The maximum absolute atomic E-state index is 11.1. The third-order valence-corrected chi connectivity index (χ3v) is 1.78. The molecule has 0 spiro atoms. The van der Waals surface area contributed by atoms with Crippen LogP contribution in [0.1, 0.15) is 19.4 Å². The summed E-state index contributed by atoms with van der Waals surface area (Å²) in [4.78, 5) is 11.1. The Hall–Kier alpha value is -1.55. The molecular weight excluding hydrogens is 208 g/mol. The molecule has 4 nitrogen and oxygen atoms in total. The molecule has 0 aromatic heterocycles. The minimum atomic E-state index is -0.718. The second kappa shape index (κ2) is 6.85. The molecule has 88 valence electrons. The number of hydrogen-bond acceptors (Lipinski definition) is 4. The molecular formula is C12H16O4. The number of rotatable bonds is 5. The predicted octanol–water partition coefficient (Wildman–Crippen LogP) is 2.72. The van der Waals surface area contributed by atoms with Gasteiger partial charge in [-0.15, -0.1) is 0 Å². The van der Waals surface area contributed by atoms with Crippen molar-refractivity contribution in [2.45, 2.75) is 26.6 Å². The van der Waals surface area contributed by atoms with Gasteiger partial charge < -0.3 is 14.2 Å². The van der Waals surface area contributed by atoms with E-state index in [0.29, 0.717) is 0 Å². The Balaban J connectivity index is 2.16. The highest BCUT2D eigenvalue weighted by Crippen LogP contribution is 2.01. The predicted molar refractivity (Wildman–Crippen MR) is 58.8 cm³/mol. The van der Waals surface area contributed by atoms with Gasteiger partial charge in [-0.2, -0.15) is 0 Å². The molecule has 0 heterocycles. The third kappa shape index (κ3) is 5.36. The van der Waals surface area contributed by atoms with E-state index in [1.54, 1.807) is 0 Å². The van der Waals surface area contributed by atoms with Gasteiger partial charge in [0.25, 0.3) is 0 Å². The molecule has 0 fully saturated rings. The first-order valence-electron chi connectivity index (χ1n) is 5.13. The lowest BCUT2D eigenvalue weighted by molar-refractivity contribution is -0.0677. The lowest BCUT2D eigenvalue weighted by atomic mass is 10.2. The van der Waals surface area contributed by atoms with E-state index in [0.717, 1.165) is 5.56 Å². The Labute approximate surface area is 95.1 Å². The highest BCUT2D eigenvalue weighted by atomic mass is 16.8. The normalized spacial score (nSPS) is 10.2. The van der Waals surface area contributed by atoms with E-state index in [1.807, 2.05) is 44.2 Å². The number of carbonyl (C=O) groups excluding carboxylic acids is 1. The molecule has 0 bridgehead atoms. The maximum atomic E-state index is 11.1. The lowest BCUT2D eigenvalue weighted by Crippen LogP contribution is -2.13. The van der Waals surface area contributed by atoms with Crippen molar-refractivity contribution < 1.29 is 19.0 Å². The average molecular weight is 224 g/mol. The van der Waals surface area contributed by atoms with E-state index >= 15 is 0 Å². The Bertz CT molecular complexity index is 308. The van der Waals surface area contributed by atoms with Crippen LogP contribution < -0.4 is 0 Å². The zero-order valence-electron chi connectivity index (χ0n) is 9.51. The summed E-state index contributed by atoms with van der Waals surface area (Å²) >= 11 is 0. The SMILES string of the molecule is CC(C)OCOC(=O)OCc1ccccc1. The molecule has 4 heteroatoms. The Morgan fingerprint density at radius 2 is 1.88 bits per heavy atom. The van der Waals surface area contributed by atoms with Crippen LogP contribution in [0, 0.1) is 0 Å². The van der Waals surface area contributed by atoms with E-state index in [9.17, 15) is 4.79 Å². The molecule has 0 aliphatic carbocycles. The van der Waals surface area contributed by atoms with Crippen LogP contribution in [0.25, 0.3) is 0 Å². The van der Waals surface area contributed by atoms with Crippen molar-refractivity contribution in [2.24, 2.45) is 0 Å². The lowest BCUT2D eigenvalue weighted by Gasteiger charge is -2.08. The zero-order valence-corrected chi connectivity index (χ0v) is 9.51. The van der Waals surface area contributed by atoms with Gasteiger partial charge in [0.1, 0.15) is 6.61 Å². The number of hydrogen-bond donors (Lipinski definition) is 0. The van der Waals surface area contributed by atoms with Crippen LogP contribution in [0.4, 0.5) is 4.79 Å². The van der Waals surface area contributed by atoms with E-state index in [1.165, 1.54) is 0 Å².